The highest BCUT2D eigenvalue weighted by Gasteiger charge is 2.18. The molecule has 3 rings (SSSR count). The molecule has 1 N–H and O–H groups in total. The standard InChI is InChI=1S/C23H31N3O5S/c1-19-6-4-11-26(15-19)16-20-8-10-25-23(14-20)31-12-3-2-9-24-22(27)18-32(28,29)17-21-7-5-13-30-21/h2-3,5,7-8,10,13-14,19H,4,6,9,11-12,15-18H2,1H3,(H,24,27)/b3-2+. The molecule has 1 aliphatic heterocycles. The molecule has 2 aromatic heterocycles. The van der Waals surface area contributed by atoms with Crippen LogP contribution >= 0.6 is 0 Å². The number of nitrogens with one attached hydrogen (secondary N) is 1. The molecule has 1 atom stereocenters. The molecule has 0 spiro atoms. The molecule has 32 heavy (non-hydrogen) atoms. The summed E-state index contributed by atoms with van der Waals surface area (Å²) in [6, 6.07) is 7.14. The SMILES string of the molecule is CC1CCCN(Cc2ccnc(OC/C=C/CNC(=O)CS(=O)(=O)Cc3ccco3)c2)C1. The number of aromatic nitrogens is 1. The van der Waals surface area contributed by atoms with E-state index < -0.39 is 21.5 Å². The van der Waals surface area contributed by atoms with Gasteiger partial charge >= 0.3 is 0 Å². The number of piperidine rings is 1. The van der Waals surface area contributed by atoms with Crippen molar-refractivity contribution in [3.8, 4) is 5.88 Å². The van der Waals surface area contributed by atoms with Crippen molar-refractivity contribution >= 4 is 15.7 Å². The molecule has 1 saturated heterocycles. The Morgan fingerprint density at radius 3 is 3.03 bits per heavy atom. The van der Waals surface area contributed by atoms with Crippen LogP contribution in [0.2, 0.25) is 0 Å². The molecule has 1 unspecified atom stereocenters. The molecule has 8 nitrogen and oxygen atoms in total. The number of hydrogen-bond acceptors (Lipinski definition) is 7. The number of pyridine rings is 1. The average molecular weight is 462 g/mol. The highest BCUT2D eigenvalue weighted by molar-refractivity contribution is 7.91. The quantitative estimate of drug-likeness (QED) is 0.513. The molecule has 0 saturated carbocycles. The first-order valence-electron chi connectivity index (χ1n) is 10.8. The lowest BCUT2D eigenvalue weighted by molar-refractivity contribution is -0.118. The molecule has 0 aliphatic carbocycles. The van der Waals surface area contributed by atoms with E-state index in [0.29, 0.717) is 18.2 Å². The smallest absolute Gasteiger partial charge is 0.235 e. The van der Waals surface area contributed by atoms with Gasteiger partial charge in [-0.15, -0.1) is 0 Å². The fraction of sp³-hybridized carbons (Fsp3) is 0.478. The third kappa shape index (κ3) is 8.47. The van der Waals surface area contributed by atoms with Gasteiger partial charge in [0.05, 0.1) is 6.26 Å². The average Bonchev–Trinajstić information content (AvgIpc) is 3.22. The van der Waals surface area contributed by atoms with Gasteiger partial charge in [0, 0.05) is 31.9 Å². The highest BCUT2D eigenvalue weighted by Crippen LogP contribution is 2.19. The van der Waals surface area contributed by atoms with Crippen LogP contribution in [0.25, 0.3) is 0 Å². The Morgan fingerprint density at radius 2 is 2.25 bits per heavy atom. The van der Waals surface area contributed by atoms with E-state index in [-0.39, 0.29) is 12.3 Å². The number of amides is 1. The van der Waals surface area contributed by atoms with E-state index in [0.717, 1.165) is 25.6 Å². The first kappa shape index (κ1) is 24.0. The number of carbonyl (C=O) groups is 1. The third-order valence-corrected chi connectivity index (χ3v) is 6.58. The van der Waals surface area contributed by atoms with E-state index in [2.05, 4.69) is 22.1 Å². The van der Waals surface area contributed by atoms with Gasteiger partial charge in [-0.25, -0.2) is 13.4 Å². The van der Waals surface area contributed by atoms with E-state index in [4.69, 9.17) is 9.15 Å². The zero-order chi connectivity index (χ0) is 22.8. The van der Waals surface area contributed by atoms with Crippen LogP contribution in [0.5, 0.6) is 5.88 Å². The second kappa shape index (κ2) is 11.8. The summed E-state index contributed by atoms with van der Waals surface area (Å²) in [6.07, 6.45) is 9.18. The molecule has 174 valence electrons. The lowest BCUT2D eigenvalue weighted by atomic mass is 10.00. The van der Waals surface area contributed by atoms with Gasteiger partial charge in [-0.2, -0.15) is 0 Å². The Hall–Kier alpha value is -2.65. The van der Waals surface area contributed by atoms with Gasteiger partial charge in [0.2, 0.25) is 11.8 Å². The molecule has 0 radical (unpaired) electrons. The van der Waals surface area contributed by atoms with Crippen LogP contribution in [-0.2, 0) is 26.9 Å². The van der Waals surface area contributed by atoms with Crippen molar-refractivity contribution in [2.45, 2.75) is 32.1 Å². The van der Waals surface area contributed by atoms with E-state index in [1.54, 1.807) is 30.5 Å². The van der Waals surface area contributed by atoms with Crippen LogP contribution in [-0.4, -0.2) is 56.2 Å². The summed E-state index contributed by atoms with van der Waals surface area (Å²) < 4.78 is 34.7. The number of hydrogen-bond donors (Lipinski definition) is 1. The maximum Gasteiger partial charge on any atom is 0.235 e. The van der Waals surface area contributed by atoms with Gasteiger partial charge in [-0.1, -0.05) is 13.0 Å². The Balaban J connectivity index is 1.34. The molecular weight excluding hydrogens is 430 g/mol. The fourth-order valence-electron chi connectivity index (χ4n) is 3.69. The summed E-state index contributed by atoms with van der Waals surface area (Å²) in [6.45, 7) is 5.97. The van der Waals surface area contributed by atoms with Gasteiger partial charge in [-0.05, 0) is 55.1 Å². The Morgan fingerprint density at radius 1 is 1.38 bits per heavy atom. The summed E-state index contributed by atoms with van der Waals surface area (Å²) in [5.41, 5.74) is 1.18. The fourth-order valence-corrected chi connectivity index (χ4v) is 4.89. The van der Waals surface area contributed by atoms with Gasteiger partial charge < -0.3 is 14.5 Å². The minimum atomic E-state index is -3.57. The van der Waals surface area contributed by atoms with E-state index in [1.165, 1.54) is 24.7 Å². The number of nitrogens with zero attached hydrogens (tertiary/aromatic N) is 2. The summed E-state index contributed by atoms with van der Waals surface area (Å²) in [7, 11) is -3.57. The number of carbonyl (C=O) groups excluding carboxylic acids is 1. The predicted octanol–water partition coefficient (Wildman–Crippen LogP) is 2.57. The highest BCUT2D eigenvalue weighted by atomic mass is 32.2. The summed E-state index contributed by atoms with van der Waals surface area (Å²) in [5, 5.41) is 2.56. The largest absolute Gasteiger partial charge is 0.473 e. The van der Waals surface area contributed by atoms with E-state index in [9.17, 15) is 13.2 Å². The predicted molar refractivity (Wildman–Crippen MR) is 122 cm³/mol. The number of furan rings is 1. The minimum absolute atomic E-state index is 0.221. The molecule has 9 heteroatoms. The first-order valence-corrected chi connectivity index (χ1v) is 12.7. The molecule has 3 heterocycles. The number of ether oxygens (including phenoxy) is 1. The molecule has 2 aromatic rings. The van der Waals surface area contributed by atoms with Crippen LogP contribution in [0, 0.1) is 5.92 Å². The third-order valence-electron chi connectivity index (χ3n) is 5.15. The Kier molecular flexibility index (Phi) is 8.87. The van der Waals surface area contributed by atoms with E-state index >= 15 is 0 Å². The lowest BCUT2D eigenvalue weighted by Gasteiger charge is -2.30. The maximum absolute atomic E-state index is 12.0. The van der Waals surface area contributed by atoms with Crippen LogP contribution < -0.4 is 10.1 Å². The van der Waals surface area contributed by atoms with Crippen molar-refractivity contribution in [2.75, 3.05) is 32.0 Å². The lowest BCUT2D eigenvalue weighted by Crippen LogP contribution is -2.33. The van der Waals surface area contributed by atoms with E-state index in [1.807, 2.05) is 12.1 Å². The van der Waals surface area contributed by atoms with Crippen molar-refractivity contribution in [1.82, 2.24) is 15.2 Å². The Labute approximate surface area is 189 Å². The van der Waals surface area contributed by atoms with Crippen molar-refractivity contribution in [2.24, 2.45) is 5.92 Å². The molecule has 0 aromatic carbocycles. The normalized spacial score (nSPS) is 17.5. The maximum atomic E-state index is 12.0. The molecule has 1 amide bonds. The van der Waals surface area contributed by atoms with Crippen molar-refractivity contribution in [1.29, 1.82) is 0 Å². The van der Waals surface area contributed by atoms with Crippen molar-refractivity contribution in [3.05, 3.63) is 60.2 Å². The number of rotatable bonds is 11. The van der Waals surface area contributed by atoms with Crippen LogP contribution in [0.15, 0.2) is 53.3 Å². The summed E-state index contributed by atoms with van der Waals surface area (Å²) in [5.74, 6) is 0.194. The topological polar surface area (TPSA) is 102 Å². The zero-order valence-electron chi connectivity index (χ0n) is 18.4. The van der Waals surface area contributed by atoms with Crippen molar-refractivity contribution in [3.63, 3.8) is 0 Å². The van der Waals surface area contributed by atoms with Crippen molar-refractivity contribution < 1.29 is 22.4 Å². The molecule has 1 fully saturated rings. The molecule has 1 aliphatic rings. The van der Waals surface area contributed by atoms with Gasteiger partial charge in [0.25, 0.3) is 0 Å². The Bertz CT molecular complexity index is 989. The first-order chi connectivity index (χ1) is 15.4. The van der Waals surface area contributed by atoms with Crippen LogP contribution in [0.4, 0.5) is 0 Å². The number of likely N-dealkylation sites (tertiary alicyclic amines) is 1. The second-order valence-corrected chi connectivity index (χ2v) is 10.2. The van der Waals surface area contributed by atoms with Crippen LogP contribution in [0.3, 0.4) is 0 Å². The molecule has 0 bridgehead atoms. The van der Waals surface area contributed by atoms with Gasteiger partial charge in [-0.3, -0.25) is 9.69 Å². The van der Waals surface area contributed by atoms with Crippen LogP contribution in [0.1, 0.15) is 31.1 Å². The number of sulfone groups is 1. The molecular formula is C23H31N3O5S. The minimum Gasteiger partial charge on any atom is -0.473 e. The summed E-state index contributed by atoms with van der Waals surface area (Å²) in [4.78, 5) is 18.6. The zero-order valence-corrected chi connectivity index (χ0v) is 19.2. The second-order valence-electron chi connectivity index (χ2n) is 8.18. The van der Waals surface area contributed by atoms with Gasteiger partial charge in [0.15, 0.2) is 9.84 Å². The summed E-state index contributed by atoms with van der Waals surface area (Å²) >= 11 is 0. The van der Waals surface area contributed by atoms with Gasteiger partial charge in [0.1, 0.15) is 23.9 Å². The monoisotopic (exact) mass is 461 g/mol.